The van der Waals surface area contributed by atoms with Gasteiger partial charge in [-0.25, -0.2) is 15.0 Å². The fourth-order valence-electron chi connectivity index (χ4n) is 8.27. The zero-order chi connectivity index (χ0) is 46.4. The standard InChI is InChI=1S/C57H35N3O/c1-3-11-40-31-43(25-21-36(40)9-1)38-19-23-39(24-20-38)55-58-56(60-57(59-55)49-30-22-37-10-2-4-12-41(37)34-49)48-14-7-13-42(35-48)44-26-27-46-33-47(29-28-45(46)32-44)50-16-8-18-53-54(50)51-15-5-6-17-52(51)61-53/h1-35H/i5D,6D,8D,15D,16D,17D,18D. The molecule has 0 amide bonds. The highest BCUT2D eigenvalue weighted by Gasteiger charge is 2.16. The molecule has 0 saturated heterocycles. The first-order chi connectivity index (χ1) is 33.1. The Morgan fingerprint density at radius 3 is 1.51 bits per heavy atom. The van der Waals surface area contributed by atoms with Gasteiger partial charge in [0.15, 0.2) is 17.5 Å². The third-order valence-electron chi connectivity index (χ3n) is 11.4. The molecule has 2 heterocycles. The van der Waals surface area contributed by atoms with E-state index in [0.29, 0.717) is 23.0 Å². The lowest BCUT2D eigenvalue weighted by molar-refractivity contribution is 0.669. The van der Waals surface area contributed by atoms with Gasteiger partial charge in [-0.05, 0) is 108 Å². The van der Waals surface area contributed by atoms with Crippen LogP contribution in [0.5, 0.6) is 0 Å². The van der Waals surface area contributed by atoms with Gasteiger partial charge in [0, 0.05) is 27.5 Å². The fourth-order valence-corrected chi connectivity index (χ4v) is 8.27. The number of rotatable bonds is 6. The first-order valence-corrected chi connectivity index (χ1v) is 20.0. The van der Waals surface area contributed by atoms with Crippen molar-refractivity contribution in [3.63, 3.8) is 0 Å². The Balaban J connectivity index is 0.932. The normalized spacial score (nSPS) is 13.2. The van der Waals surface area contributed by atoms with Gasteiger partial charge in [0.1, 0.15) is 11.2 Å². The number of benzene rings is 10. The van der Waals surface area contributed by atoms with Crippen molar-refractivity contribution in [3.05, 3.63) is 212 Å². The molecule has 0 aliphatic heterocycles. The van der Waals surface area contributed by atoms with Crippen molar-refractivity contribution in [3.8, 4) is 67.5 Å². The Hall–Kier alpha value is -8.21. The summed E-state index contributed by atoms with van der Waals surface area (Å²) in [6.07, 6.45) is 0. The molecule has 12 rings (SSSR count). The Morgan fingerprint density at radius 2 is 0.787 bits per heavy atom. The van der Waals surface area contributed by atoms with E-state index in [1.54, 1.807) is 0 Å². The molecule has 61 heavy (non-hydrogen) atoms. The van der Waals surface area contributed by atoms with Crippen molar-refractivity contribution in [2.24, 2.45) is 0 Å². The summed E-state index contributed by atoms with van der Waals surface area (Å²) >= 11 is 0. The molecule has 0 saturated carbocycles. The number of furan rings is 1. The van der Waals surface area contributed by atoms with Crippen LogP contribution >= 0.6 is 0 Å². The van der Waals surface area contributed by atoms with E-state index in [0.717, 1.165) is 60.5 Å². The number of hydrogen-bond acceptors (Lipinski definition) is 4. The molecule has 0 unspecified atom stereocenters. The van der Waals surface area contributed by atoms with Gasteiger partial charge in [0.25, 0.3) is 0 Å². The quantitative estimate of drug-likeness (QED) is 0.168. The minimum Gasteiger partial charge on any atom is -0.456 e. The summed E-state index contributed by atoms with van der Waals surface area (Å²) in [5.74, 6) is 1.65. The van der Waals surface area contributed by atoms with Crippen LogP contribution in [-0.4, -0.2) is 15.0 Å². The van der Waals surface area contributed by atoms with Crippen LogP contribution in [0, 0.1) is 0 Å². The average molecular weight is 785 g/mol. The maximum absolute atomic E-state index is 9.00. The van der Waals surface area contributed by atoms with Crippen molar-refractivity contribution >= 4 is 54.3 Å². The molecule has 10 aromatic carbocycles. The molecule has 0 bridgehead atoms. The molecule has 0 spiro atoms. The molecule has 12 aromatic rings. The Labute approximate surface area is 361 Å². The molecule has 0 fully saturated rings. The third kappa shape index (κ3) is 6.30. The van der Waals surface area contributed by atoms with E-state index in [-0.39, 0.29) is 57.7 Å². The van der Waals surface area contributed by atoms with E-state index < -0.39 is 12.1 Å². The highest BCUT2D eigenvalue weighted by molar-refractivity contribution is 6.13. The summed E-state index contributed by atoms with van der Waals surface area (Å²) in [5.41, 5.74) is 7.34. The predicted molar refractivity (Wildman–Crippen MR) is 252 cm³/mol. The van der Waals surface area contributed by atoms with Gasteiger partial charge < -0.3 is 4.42 Å². The summed E-state index contributed by atoms with van der Waals surface area (Å²) in [7, 11) is 0. The molecule has 0 radical (unpaired) electrons. The number of nitrogens with zero attached hydrogens (tertiary/aromatic N) is 3. The van der Waals surface area contributed by atoms with Crippen LogP contribution in [0.3, 0.4) is 0 Å². The van der Waals surface area contributed by atoms with Crippen molar-refractivity contribution < 1.29 is 14.0 Å². The molecule has 0 aliphatic carbocycles. The van der Waals surface area contributed by atoms with Gasteiger partial charge in [0.2, 0.25) is 0 Å². The number of aromatic nitrogens is 3. The minimum absolute atomic E-state index is 0.0529. The second kappa shape index (κ2) is 14.3. The third-order valence-corrected chi connectivity index (χ3v) is 11.4. The largest absolute Gasteiger partial charge is 0.456 e. The second-order valence-corrected chi connectivity index (χ2v) is 15.1. The van der Waals surface area contributed by atoms with Gasteiger partial charge in [-0.1, -0.05) is 170 Å². The maximum Gasteiger partial charge on any atom is 0.164 e. The topological polar surface area (TPSA) is 51.8 Å². The van der Waals surface area contributed by atoms with E-state index in [4.69, 9.17) is 29.0 Å². The summed E-state index contributed by atoms with van der Waals surface area (Å²) < 4.78 is 65.9. The smallest absolute Gasteiger partial charge is 0.164 e. The van der Waals surface area contributed by atoms with Gasteiger partial charge >= 0.3 is 0 Å². The predicted octanol–water partition coefficient (Wildman–Crippen LogP) is 15.2. The van der Waals surface area contributed by atoms with E-state index >= 15 is 0 Å². The van der Waals surface area contributed by atoms with E-state index in [9.17, 15) is 0 Å². The van der Waals surface area contributed by atoms with Gasteiger partial charge in [-0.2, -0.15) is 0 Å². The van der Waals surface area contributed by atoms with E-state index in [1.165, 1.54) is 10.8 Å². The monoisotopic (exact) mass is 784 g/mol. The Kier molecular flexibility index (Phi) is 6.61. The van der Waals surface area contributed by atoms with Crippen LogP contribution in [0.15, 0.2) is 217 Å². The first-order valence-electron chi connectivity index (χ1n) is 23.5. The van der Waals surface area contributed by atoms with Gasteiger partial charge in [-0.15, -0.1) is 0 Å². The summed E-state index contributed by atoms with van der Waals surface area (Å²) in [5, 5.41) is 6.66. The van der Waals surface area contributed by atoms with Crippen LogP contribution < -0.4 is 0 Å². The highest BCUT2D eigenvalue weighted by Crippen LogP contribution is 2.38. The van der Waals surface area contributed by atoms with Gasteiger partial charge in [0.05, 0.1) is 9.60 Å². The molecule has 0 N–H and O–H groups in total. The maximum atomic E-state index is 9.00. The van der Waals surface area contributed by atoms with E-state index in [2.05, 4.69) is 103 Å². The zero-order valence-electron chi connectivity index (χ0n) is 39.4. The average Bonchev–Trinajstić information content (AvgIpc) is 3.79. The van der Waals surface area contributed by atoms with Crippen molar-refractivity contribution in [1.82, 2.24) is 15.0 Å². The highest BCUT2D eigenvalue weighted by atomic mass is 16.3. The van der Waals surface area contributed by atoms with Crippen molar-refractivity contribution in [2.75, 3.05) is 0 Å². The Bertz CT molecular complexity index is 4080. The molecule has 4 nitrogen and oxygen atoms in total. The van der Waals surface area contributed by atoms with Crippen LogP contribution in [0.25, 0.3) is 122 Å². The summed E-state index contributed by atoms with van der Waals surface area (Å²) in [6, 6.07) is 55.0. The minimum atomic E-state index is -0.457. The van der Waals surface area contributed by atoms with Crippen molar-refractivity contribution in [2.45, 2.75) is 0 Å². The molecule has 0 atom stereocenters. The molecular formula is C57H35N3O. The van der Waals surface area contributed by atoms with Crippen LogP contribution in [0.4, 0.5) is 0 Å². The number of para-hydroxylation sites is 1. The van der Waals surface area contributed by atoms with Gasteiger partial charge in [-0.3, -0.25) is 0 Å². The molecule has 4 heteroatoms. The van der Waals surface area contributed by atoms with E-state index in [1.807, 2.05) is 66.7 Å². The van der Waals surface area contributed by atoms with Crippen LogP contribution in [-0.2, 0) is 0 Å². The zero-order valence-corrected chi connectivity index (χ0v) is 32.4. The van der Waals surface area contributed by atoms with Crippen LogP contribution in [0.1, 0.15) is 9.60 Å². The fraction of sp³-hybridized carbons (Fsp3) is 0. The van der Waals surface area contributed by atoms with Crippen molar-refractivity contribution in [1.29, 1.82) is 0 Å². The second-order valence-electron chi connectivity index (χ2n) is 15.1. The molecule has 0 aliphatic rings. The molecule has 2 aromatic heterocycles. The number of hydrogen-bond donors (Lipinski definition) is 0. The lowest BCUT2D eigenvalue weighted by Crippen LogP contribution is -2.00. The molecular weight excluding hydrogens is 743 g/mol. The summed E-state index contributed by atoms with van der Waals surface area (Å²) in [4.78, 5) is 15.2. The Morgan fingerprint density at radius 1 is 0.328 bits per heavy atom. The lowest BCUT2D eigenvalue weighted by atomic mass is 9.95. The molecule has 284 valence electrons. The first kappa shape index (κ1) is 28.3. The lowest BCUT2D eigenvalue weighted by Gasteiger charge is -2.11. The van der Waals surface area contributed by atoms with Crippen LogP contribution in [0.2, 0.25) is 0 Å². The number of fused-ring (bicyclic) bond motifs is 6. The summed E-state index contributed by atoms with van der Waals surface area (Å²) in [6.45, 7) is 0. The SMILES string of the molecule is [2H]c1c([2H])c([2H])c2c(oc3c([2H])c([2H])c([2H])c(-c4ccc5cc(-c6cccc(-c7nc(-c8ccc(-c9ccc%10ccccc%10c9)cc8)nc(-c8ccc9ccccc9c8)n7)c6)ccc5c4)c32)c1[2H].